The lowest BCUT2D eigenvalue weighted by Crippen LogP contribution is -2.48. The van der Waals surface area contributed by atoms with Crippen LogP contribution in [0.3, 0.4) is 0 Å². The molecule has 0 bridgehead atoms. The van der Waals surface area contributed by atoms with Crippen LogP contribution in [0.2, 0.25) is 0 Å². The zero-order valence-electron chi connectivity index (χ0n) is 22.1. The summed E-state index contributed by atoms with van der Waals surface area (Å²) < 4.78 is 0. The first-order valence-electron chi connectivity index (χ1n) is 13.3. The molecule has 6 rings (SSSR count). The minimum absolute atomic E-state index is 0.00901. The molecule has 5 heteroatoms. The molecule has 3 heterocycles. The number of hydrogen-bond acceptors (Lipinski definition) is 5. The van der Waals surface area contributed by atoms with E-state index in [4.69, 9.17) is 15.7 Å². The number of aryl methyl sites for hydroxylation is 1. The van der Waals surface area contributed by atoms with Crippen LogP contribution in [0, 0.1) is 0 Å². The van der Waals surface area contributed by atoms with E-state index in [1.165, 1.54) is 27.8 Å². The Morgan fingerprint density at radius 3 is 2.58 bits per heavy atom. The van der Waals surface area contributed by atoms with Crippen LogP contribution in [-0.4, -0.2) is 35.1 Å². The number of likely N-dealkylation sites (N-methyl/N-ethyl adjacent to an activating group) is 1. The summed E-state index contributed by atoms with van der Waals surface area (Å²) >= 11 is 0. The van der Waals surface area contributed by atoms with Gasteiger partial charge < -0.3 is 15.5 Å². The van der Waals surface area contributed by atoms with E-state index < -0.39 is 0 Å². The first kappa shape index (κ1) is 24.0. The van der Waals surface area contributed by atoms with Gasteiger partial charge in [0.25, 0.3) is 0 Å². The summed E-state index contributed by atoms with van der Waals surface area (Å²) in [6, 6.07) is 23.6. The highest BCUT2D eigenvalue weighted by molar-refractivity contribution is 6.08. The number of benzene rings is 3. The van der Waals surface area contributed by atoms with Gasteiger partial charge in [0.1, 0.15) is 0 Å². The van der Waals surface area contributed by atoms with Gasteiger partial charge in [-0.1, -0.05) is 74.7 Å². The molecule has 3 aliphatic rings. The van der Waals surface area contributed by atoms with E-state index in [0.717, 1.165) is 60.1 Å². The van der Waals surface area contributed by atoms with Crippen LogP contribution in [0.25, 0.3) is 5.70 Å². The molecule has 3 aliphatic heterocycles. The quantitative estimate of drug-likeness (QED) is 0.468. The number of fused-ring (bicyclic) bond motifs is 2. The van der Waals surface area contributed by atoms with Gasteiger partial charge in [0.15, 0.2) is 0 Å². The molecule has 0 saturated carbocycles. The molecule has 0 amide bonds. The van der Waals surface area contributed by atoms with Gasteiger partial charge in [-0.25, -0.2) is 4.99 Å². The SMILES string of the molecule is C=C(N)c1ccc2c(c1)C(c1ccccc1CC)N(C1=NC(C3=Nc4ccccc4C3)=CC(=C)N1C)CC2. The molecule has 190 valence electrons. The fourth-order valence-corrected chi connectivity index (χ4v) is 5.77. The predicted octanol–water partition coefficient (Wildman–Crippen LogP) is 6.15. The van der Waals surface area contributed by atoms with Gasteiger partial charge in [-0.15, -0.1) is 0 Å². The Bertz CT molecular complexity index is 1560. The number of allylic oxidation sites excluding steroid dienone is 2. The number of para-hydroxylation sites is 1. The van der Waals surface area contributed by atoms with Crippen molar-refractivity contribution in [3.8, 4) is 0 Å². The molecule has 1 atom stereocenters. The molecular formula is C33H33N5. The van der Waals surface area contributed by atoms with Crippen molar-refractivity contribution < 1.29 is 0 Å². The van der Waals surface area contributed by atoms with Crippen LogP contribution in [0.15, 0.2) is 107 Å². The van der Waals surface area contributed by atoms with Crippen LogP contribution in [0.4, 0.5) is 5.69 Å². The van der Waals surface area contributed by atoms with E-state index in [1.54, 1.807) is 0 Å². The molecule has 0 saturated heterocycles. The molecule has 38 heavy (non-hydrogen) atoms. The number of guanidine groups is 1. The summed E-state index contributed by atoms with van der Waals surface area (Å²) in [4.78, 5) is 14.7. The highest BCUT2D eigenvalue weighted by Crippen LogP contribution is 2.40. The van der Waals surface area contributed by atoms with E-state index in [-0.39, 0.29) is 6.04 Å². The highest BCUT2D eigenvalue weighted by Gasteiger charge is 2.36. The summed E-state index contributed by atoms with van der Waals surface area (Å²) in [5, 5.41) is 0. The molecule has 0 aromatic heterocycles. The maximum absolute atomic E-state index is 6.16. The predicted molar refractivity (Wildman–Crippen MR) is 157 cm³/mol. The second kappa shape index (κ2) is 9.49. The van der Waals surface area contributed by atoms with Crippen molar-refractivity contribution in [2.45, 2.75) is 32.2 Å². The number of nitrogens with two attached hydrogens (primary N) is 1. The fourth-order valence-electron chi connectivity index (χ4n) is 5.77. The maximum atomic E-state index is 6.16. The summed E-state index contributed by atoms with van der Waals surface area (Å²) in [5.41, 5.74) is 18.0. The molecule has 0 aliphatic carbocycles. The molecule has 0 fully saturated rings. The van der Waals surface area contributed by atoms with E-state index in [0.29, 0.717) is 5.70 Å². The molecular weight excluding hydrogens is 466 g/mol. The lowest BCUT2D eigenvalue weighted by atomic mass is 9.84. The zero-order chi connectivity index (χ0) is 26.4. The Morgan fingerprint density at radius 2 is 1.79 bits per heavy atom. The molecule has 0 radical (unpaired) electrons. The average molecular weight is 500 g/mol. The van der Waals surface area contributed by atoms with Gasteiger partial charge >= 0.3 is 0 Å². The van der Waals surface area contributed by atoms with E-state index in [9.17, 15) is 0 Å². The molecule has 5 nitrogen and oxygen atoms in total. The Hall–Kier alpha value is -4.38. The van der Waals surface area contributed by atoms with Crippen LogP contribution < -0.4 is 5.73 Å². The largest absolute Gasteiger partial charge is 0.399 e. The summed E-state index contributed by atoms with van der Waals surface area (Å²) in [7, 11) is 2.05. The number of aliphatic imine (C=N–C) groups is 2. The van der Waals surface area contributed by atoms with Crippen molar-refractivity contribution >= 4 is 23.1 Å². The third kappa shape index (κ3) is 4.04. The van der Waals surface area contributed by atoms with Gasteiger partial charge in [-0.05, 0) is 64.4 Å². The lowest BCUT2D eigenvalue weighted by molar-refractivity contribution is 0.302. The summed E-state index contributed by atoms with van der Waals surface area (Å²) in [5.74, 6) is 0.893. The second-order valence-corrected chi connectivity index (χ2v) is 10.2. The van der Waals surface area contributed by atoms with Crippen molar-refractivity contribution in [3.63, 3.8) is 0 Å². The minimum atomic E-state index is -0.00901. The fraction of sp³-hybridized carbons (Fsp3) is 0.212. The van der Waals surface area contributed by atoms with Gasteiger partial charge in [0.05, 0.1) is 23.1 Å². The van der Waals surface area contributed by atoms with Gasteiger partial charge in [-0.2, -0.15) is 0 Å². The highest BCUT2D eigenvalue weighted by atomic mass is 15.4. The summed E-state index contributed by atoms with van der Waals surface area (Å²) in [6.45, 7) is 11.4. The standard InChI is InChI=1S/C33H33N5/c1-5-23-10-6-8-12-27(23)32-28-19-25(22(3)34)15-14-24(28)16-17-38(32)33-36-30(18-21(2)37(33)4)31-20-26-11-7-9-13-29(26)35-31/h6-15,18-19,32H,2-3,5,16-17,20,34H2,1,4H3. The second-order valence-electron chi connectivity index (χ2n) is 10.2. The first-order valence-corrected chi connectivity index (χ1v) is 13.3. The Balaban J connectivity index is 1.48. The molecule has 0 spiro atoms. The number of hydrogen-bond donors (Lipinski definition) is 1. The van der Waals surface area contributed by atoms with Crippen molar-refractivity contribution in [2.24, 2.45) is 15.7 Å². The van der Waals surface area contributed by atoms with Crippen LogP contribution >= 0.6 is 0 Å². The zero-order valence-corrected chi connectivity index (χ0v) is 22.1. The van der Waals surface area contributed by atoms with Gasteiger partial charge in [0, 0.05) is 31.4 Å². The first-order chi connectivity index (χ1) is 18.4. The van der Waals surface area contributed by atoms with Crippen LogP contribution in [0.5, 0.6) is 0 Å². The molecule has 3 aromatic rings. The van der Waals surface area contributed by atoms with E-state index in [2.05, 4.69) is 104 Å². The summed E-state index contributed by atoms with van der Waals surface area (Å²) in [6.07, 6.45) is 4.71. The van der Waals surface area contributed by atoms with E-state index in [1.807, 2.05) is 6.07 Å². The van der Waals surface area contributed by atoms with Gasteiger partial charge in [0.2, 0.25) is 5.96 Å². The molecule has 1 unspecified atom stereocenters. The topological polar surface area (TPSA) is 57.2 Å². The molecule has 3 aromatic carbocycles. The Labute approximate surface area is 225 Å². The van der Waals surface area contributed by atoms with Crippen LogP contribution in [-0.2, 0) is 19.3 Å². The minimum Gasteiger partial charge on any atom is -0.399 e. The third-order valence-corrected chi connectivity index (χ3v) is 7.89. The van der Waals surface area contributed by atoms with Crippen molar-refractivity contribution in [1.82, 2.24) is 9.80 Å². The number of nitrogens with zero attached hydrogens (tertiary/aromatic N) is 4. The average Bonchev–Trinajstić information content (AvgIpc) is 3.38. The van der Waals surface area contributed by atoms with Crippen molar-refractivity contribution in [2.75, 3.05) is 13.6 Å². The monoisotopic (exact) mass is 499 g/mol. The Kier molecular flexibility index (Phi) is 5.99. The van der Waals surface area contributed by atoms with Crippen LogP contribution in [0.1, 0.15) is 46.3 Å². The van der Waals surface area contributed by atoms with Crippen molar-refractivity contribution in [1.29, 1.82) is 0 Å². The molecule has 2 N–H and O–H groups in total. The normalized spacial score (nSPS) is 18.4. The smallest absolute Gasteiger partial charge is 0.206 e. The number of rotatable bonds is 4. The van der Waals surface area contributed by atoms with Gasteiger partial charge in [-0.3, -0.25) is 4.99 Å². The lowest BCUT2D eigenvalue weighted by Gasteiger charge is -2.44. The van der Waals surface area contributed by atoms with E-state index >= 15 is 0 Å². The Morgan fingerprint density at radius 1 is 1.00 bits per heavy atom. The maximum Gasteiger partial charge on any atom is 0.206 e. The third-order valence-electron chi connectivity index (χ3n) is 7.89. The van der Waals surface area contributed by atoms with Crippen molar-refractivity contribution in [3.05, 3.63) is 131 Å².